The van der Waals surface area contributed by atoms with Gasteiger partial charge in [0.1, 0.15) is 0 Å². The van der Waals surface area contributed by atoms with Gasteiger partial charge in [-0.25, -0.2) is 0 Å². The fourth-order valence-corrected chi connectivity index (χ4v) is 3.09. The Labute approximate surface area is 86.5 Å². The summed E-state index contributed by atoms with van der Waals surface area (Å²) in [5.41, 5.74) is 0. The first-order valence-corrected chi connectivity index (χ1v) is 5.99. The largest absolute Gasteiger partial charge is 1.00 e. The Balaban J connectivity index is 0. The van der Waals surface area contributed by atoms with Crippen LogP contribution in [0.15, 0.2) is 21.5 Å². The third-order valence-corrected chi connectivity index (χ3v) is 4.07. The summed E-state index contributed by atoms with van der Waals surface area (Å²) >= 11 is -0.0469. The first-order chi connectivity index (χ1) is 3.93. The van der Waals surface area contributed by atoms with Crippen LogP contribution in [-0.2, 0) is 23.2 Å². The molecular formula is C7H10Cl2Zr. The van der Waals surface area contributed by atoms with Crippen LogP contribution in [0.25, 0.3) is 0 Å². The van der Waals surface area contributed by atoms with Crippen molar-refractivity contribution in [1.29, 1.82) is 0 Å². The van der Waals surface area contributed by atoms with Gasteiger partial charge in [-0.2, -0.15) is 0 Å². The molecule has 0 bridgehead atoms. The van der Waals surface area contributed by atoms with E-state index in [2.05, 4.69) is 25.2 Å². The molecule has 0 aromatic heterocycles. The van der Waals surface area contributed by atoms with Crippen molar-refractivity contribution in [1.82, 2.24) is 0 Å². The standard InChI is InChI=1S/C5H5.C2H5.2ClH.Zr/c1-2-4-5-3-1;1-2;;;/h1-3H,4H2;1H2,2H3;2*1H;/q;;;;+2/p-2. The zero-order chi connectivity index (χ0) is 5.82. The normalized spacial score (nSPS) is 12.7. The number of hydrogen-bond donors (Lipinski definition) is 0. The van der Waals surface area contributed by atoms with Gasteiger partial charge in [0.2, 0.25) is 0 Å². The molecule has 0 unspecified atom stereocenters. The van der Waals surface area contributed by atoms with Crippen molar-refractivity contribution >= 4 is 0 Å². The smallest absolute Gasteiger partial charge is 1.00 e. The van der Waals surface area contributed by atoms with Crippen LogP contribution >= 0.6 is 0 Å². The topological polar surface area (TPSA) is 0 Å². The van der Waals surface area contributed by atoms with E-state index in [9.17, 15) is 0 Å². The molecule has 1 aliphatic rings. The van der Waals surface area contributed by atoms with E-state index in [0.717, 1.165) is 0 Å². The summed E-state index contributed by atoms with van der Waals surface area (Å²) in [6.07, 6.45) is 8.02. The predicted octanol–water partition coefficient (Wildman–Crippen LogP) is -3.64. The van der Waals surface area contributed by atoms with Gasteiger partial charge >= 0.3 is 62.2 Å². The molecule has 0 heterocycles. The number of rotatable bonds is 2. The first kappa shape index (κ1) is 13.5. The van der Waals surface area contributed by atoms with Crippen LogP contribution < -0.4 is 24.8 Å². The second-order valence-corrected chi connectivity index (χ2v) is 6.04. The summed E-state index contributed by atoms with van der Waals surface area (Å²) in [6.45, 7) is 2.30. The molecular weight excluding hydrogens is 246 g/mol. The van der Waals surface area contributed by atoms with Gasteiger partial charge < -0.3 is 24.8 Å². The monoisotopic (exact) mass is 254 g/mol. The quantitative estimate of drug-likeness (QED) is 0.478. The van der Waals surface area contributed by atoms with E-state index in [4.69, 9.17) is 0 Å². The molecule has 0 aliphatic heterocycles. The third-order valence-electron chi connectivity index (χ3n) is 1.18. The summed E-state index contributed by atoms with van der Waals surface area (Å²) in [4.78, 5) is 0. The van der Waals surface area contributed by atoms with E-state index in [0.29, 0.717) is 0 Å². The maximum atomic E-state index is 2.30. The van der Waals surface area contributed by atoms with E-state index in [1.807, 2.05) is 0 Å². The van der Waals surface area contributed by atoms with Gasteiger partial charge in [0.05, 0.1) is 0 Å². The summed E-state index contributed by atoms with van der Waals surface area (Å²) in [5.74, 6) is 0. The van der Waals surface area contributed by atoms with Gasteiger partial charge in [0, 0.05) is 0 Å². The van der Waals surface area contributed by atoms with Crippen LogP contribution in [0.5, 0.6) is 0 Å². The summed E-state index contributed by atoms with van der Waals surface area (Å²) in [5, 5.41) is 0. The maximum absolute atomic E-state index is 2.30. The average molecular weight is 256 g/mol. The van der Waals surface area contributed by atoms with Gasteiger partial charge in [0.15, 0.2) is 0 Å². The third kappa shape index (κ3) is 4.71. The molecule has 0 aromatic carbocycles. The Hall–Kier alpha value is 0.943. The second-order valence-electron chi connectivity index (χ2n) is 1.85. The summed E-state index contributed by atoms with van der Waals surface area (Å²) in [6, 6.07) is 0. The minimum absolute atomic E-state index is 0. The Kier molecular flexibility index (Phi) is 10.9. The SMILES string of the molecule is C[CH2][Zr+2][C]1=CC=CC1.[Cl-].[Cl-]. The van der Waals surface area contributed by atoms with Gasteiger partial charge in [-0.3, -0.25) is 0 Å². The Bertz CT molecular complexity index is 130. The van der Waals surface area contributed by atoms with Crippen molar-refractivity contribution in [3.8, 4) is 0 Å². The molecule has 1 aliphatic carbocycles. The zero-order valence-electron chi connectivity index (χ0n) is 5.90. The molecule has 56 valence electrons. The Morgan fingerprint density at radius 2 is 2.20 bits per heavy atom. The van der Waals surface area contributed by atoms with Crippen molar-refractivity contribution < 1.29 is 48.0 Å². The van der Waals surface area contributed by atoms with Crippen molar-refractivity contribution in [2.75, 3.05) is 0 Å². The van der Waals surface area contributed by atoms with Gasteiger partial charge in [-0.1, -0.05) is 0 Å². The molecule has 0 amide bonds. The number of halogens is 2. The minimum atomic E-state index is -0.0469. The Morgan fingerprint density at radius 3 is 2.60 bits per heavy atom. The molecule has 3 heteroatoms. The van der Waals surface area contributed by atoms with E-state index < -0.39 is 0 Å². The van der Waals surface area contributed by atoms with Crippen LogP contribution in [0.1, 0.15) is 13.3 Å². The van der Waals surface area contributed by atoms with Crippen LogP contribution in [-0.4, -0.2) is 0 Å². The minimum Gasteiger partial charge on any atom is -1.00 e. The van der Waals surface area contributed by atoms with E-state index >= 15 is 0 Å². The first-order valence-electron chi connectivity index (χ1n) is 3.03. The van der Waals surface area contributed by atoms with Gasteiger partial charge in [0.25, 0.3) is 0 Å². The molecule has 0 spiro atoms. The number of hydrogen-bond acceptors (Lipinski definition) is 0. The van der Waals surface area contributed by atoms with Crippen molar-refractivity contribution in [2.45, 2.75) is 17.5 Å². The van der Waals surface area contributed by atoms with Crippen LogP contribution in [0.3, 0.4) is 0 Å². The second kappa shape index (κ2) is 8.04. The predicted molar refractivity (Wildman–Crippen MR) is 32.3 cm³/mol. The van der Waals surface area contributed by atoms with Gasteiger partial charge in [-0.05, 0) is 0 Å². The molecule has 10 heavy (non-hydrogen) atoms. The molecule has 0 atom stereocenters. The molecule has 0 radical (unpaired) electrons. The molecule has 1 rings (SSSR count). The van der Waals surface area contributed by atoms with E-state index in [-0.39, 0.29) is 48.0 Å². The van der Waals surface area contributed by atoms with Crippen molar-refractivity contribution in [3.63, 3.8) is 0 Å². The van der Waals surface area contributed by atoms with Crippen molar-refractivity contribution in [3.05, 3.63) is 21.5 Å². The maximum Gasteiger partial charge on any atom is -1.00 e. The zero-order valence-corrected chi connectivity index (χ0v) is 9.87. The molecule has 0 N–H and O–H groups in total. The molecule has 0 aromatic rings. The summed E-state index contributed by atoms with van der Waals surface area (Å²) in [7, 11) is 0. The van der Waals surface area contributed by atoms with Crippen LogP contribution in [0.2, 0.25) is 4.13 Å². The number of allylic oxidation sites excluding steroid dienone is 4. The fourth-order valence-electron chi connectivity index (χ4n) is 0.805. The van der Waals surface area contributed by atoms with E-state index in [1.165, 1.54) is 10.5 Å². The molecule has 0 nitrogen and oxygen atoms in total. The van der Waals surface area contributed by atoms with Crippen LogP contribution in [0.4, 0.5) is 0 Å². The molecule has 0 saturated carbocycles. The van der Waals surface area contributed by atoms with Gasteiger partial charge in [-0.15, -0.1) is 0 Å². The van der Waals surface area contributed by atoms with E-state index in [1.54, 1.807) is 3.28 Å². The Morgan fingerprint density at radius 1 is 1.50 bits per heavy atom. The molecule has 0 fully saturated rings. The average Bonchev–Trinajstić information content (AvgIpc) is 2.19. The molecule has 0 saturated heterocycles. The summed E-state index contributed by atoms with van der Waals surface area (Å²) < 4.78 is 3.22. The fraction of sp³-hybridized carbons (Fsp3) is 0.429. The van der Waals surface area contributed by atoms with Crippen LogP contribution in [0, 0.1) is 0 Å². The van der Waals surface area contributed by atoms with Crippen molar-refractivity contribution in [2.24, 2.45) is 0 Å².